The lowest BCUT2D eigenvalue weighted by Crippen LogP contribution is -2.52. The highest BCUT2D eigenvalue weighted by molar-refractivity contribution is 5.81. The van der Waals surface area contributed by atoms with Crippen molar-refractivity contribution in [1.82, 2.24) is 9.80 Å². The number of carbonyl (C=O) groups is 1. The molecule has 4 heteroatoms. The number of hydrogen-bond donors (Lipinski definition) is 0. The van der Waals surface area contributed by atoms with E-state index in [0.717, 1.165) is 25.3 Å². The molecule has 1 heterocycles. The van der Waals surface area contributed by atoms with Crippen LogP contribution in [0.4, 0.5) is 0 Å². The van der Waals surface area contributed by atoms with Gasteiger partial charge in [0.25, 0.3) is 5.91 Å². The highest BCUT2D eigenvalue weighted by Crippen LogP contribution is 2.31. The van der Waals surface area contributed by atoms with E-state index in [1.807, 2.05) is 30.0 Å². The summed E-state index contributed by atoms with van der Waals surface area (Å²) in [6.07, 6.45) is 0.532. The van der Waals surface area contributed by atoms with Crippen molar-refractivity contribution in [3.8, 4) is 5.75 Å². The van der Waals surface area contributed by atoms with Crippen molar-refractivity contribution >= 4 is 5.91 Å². The molecule has 34 heavy (non-hydrogen) atoms. The second-order valence-corrected chi connectivity index (χ2v) is 9.19. The molecular formula is C30H36N2O2. The van der Waals surface area contributed by atoms with Crippen molar-refractivity contribution in [2.75, 3.05) is 26.2 Å². The number of nitrogens with zero attached hydrogens (tertiary/aromatic N) is 2. The van der Waals surface area contributed by atoms with Crippen LogP contribution in [-0.4, -0.2) is 48.0 Å². The van der Waals surface area contributed by atoms with Gasteiger partial charge in [-0.05, 0) is 42.0 Å². The molecule has 3 aromatic carbocycles. The van der Waals surface area contributed by atoms with Gasteiger partial charge in [0.15, 0.2) is 6.10 Å². The maximum absolute atomic E-state index is 13.3. The van der Waals surface area contributed by atoms with E-state index in [1.165, 1.54) is 16.7 Å². The lowest BCUT2D eigenvalue weighted by atomic mass is 9.96. The van der Waals surface area contributed by atoms with E-state index >= 15 is 0 Å². The molecule has 4 nitrogen and oxygen atoms in total. The molecule has 1 aliphatic rings. The first kappa shape index (κ1) is 24.0. The van der Waals surface area contributed by atoms with E-state index in [4.69, 9.17) is 4.74 Å². The SMILES string of the molecule is CCC(C)c1ccccc1OC(C)C(=O)N1CCN(C(c2ccccc2)c2ccccc2)CC1. The average Bonchev–Trinajstić information content (AvgIpc) is 2.90. The minimum Gasteiger partial charge on any atom is -0.481 e. The first-order valence-electron chi connectivity index (χ1n) is 12.5. The highest BCUT2D eigenvalue weighted by atomic mass is 16.5. The molecule has 0 bridgehead atoms. The minimum absolute atomic E-state index is 0.0644. The van der Waals surface area contributed by atoms with E-state index in [0.29, 0.717) is 19.0 Å². The molecule has 0 spiro atoms. The Morgan fingerprint density at radius 3 is 1.88 bits per heavy atom. The van der Waals surface area contributed by atoms with Crippen LogP contribution in [0, 0.1) is 0 Å². The van der Waals surface area contributed by atoms with Gasteiger partial charge in [0.1, 0.15) is 5.75 Å². The van der Waals surface area contributed by atoms with Crippen molar-refractivity contribution in [2.45, 2.75) is 45.3 Å². The van der Waals surface area contributed by atoms with E-state index in [2.05, 4.69) is 85.5 Å². The number of carbonyl (C=O) groups excluding carboxylic acids is 1. The predicted molar refractivity (Wildman–Crippen MR) is 138 cm³/mol. The highest BCUT2D eigenvalue weighted by Gasteiger charge is 2.30. The van der Waals surface area contributed by atoms with E-state index in [-0.39, 0.29) is 11.9 Å². The summed E-state index contributed by atoms with van der Waals surface area (Å²) >= 11 is 0. The lowest BCUT2D eigenvalue weighted by Gasteiger charge is -2.40. The number of piperazine rings is 1. The summed E-state index contributed by atoms with van der Waals surface area (Å²) in [5.41, 5.74) is 3.74. The molecule has 1 amide bonds. The van der Waals surface area contributed by atoms with Gasteiger partial charge in [-0.15, -0.1) is 0 Å². The third-order valence-corrected chi connectivity index (χ3v) is 6.94. The summed E-state index contributed by atoms with van der Waals surface area (Å²) in [5, 5.41) is 0. The fourth-order valence-corrected chi connectivity index (χ4v) is 4.80. The van der Waals surface area contributed by atoms with Crippen molar-refractivity contribution in [2.24, 2.45) is 0 Å². The maximum Gasteiger partial charge on any atom is 0.263 e. The second kappa shape index (κ2) is 11.3. The molecule has 0 aromatic heterocycles. The van der Waals surface area contributed by atoms with Gasteiger partial charge in [-0.25, -0.2) is 0 Å². The number of benzene rings is 3. The Hall–Kier alpha value is -3.11. The molecule has 0 aliphatic carbocycles. The lowest BCUT2D eigenvalue weighted by molar-refractivity contribution is -0.140. The van der Waals surface area contributed by atoms with Crippen LogP contribution in [-0.2, 0) is 4.79 Å². The van der Waals surface area contributed by atoms with Crippen molar-refractivity contribution in [3.05, 3.63) is 102 Å². The zero-order valence-corrected chi connectivity index (χ0v) is 20.6. The van der Waals surface area contributed by atoms with Crippen molar-refractivity contribution in [3.63, 3.8) is 0 Å². The van der Waals surface area contributed by atoms with Gasteiger partial charge in [0, 0.05) is 26.2 Å². The van der Waals surface area contributed by atoms with E-state index < -0.39 is 6.10 Å². The van der Waals surface area contributed by atoms with Gasteiger partial charge in [-0.1, -0.05) is 92.7 Å². The number of amides is 1. The summed E-state index contributed by atoms with van der Waals surface area (Å²) in [5.74, 6) is 1.29. The molecule has 1 fully saturated rings. The van der Waals surface area contributed by atoms with E-state index in [1.54, 1.807) is 0 Å². The van der Waals surface area contributed by atoms with Crippen LogP contribution in [0.5, 0.6) is 5.75 Å². The molecule has 178 valence electrons. The van der Waals surface area contributed by atoms with Gasteiger partial charge in [-0.3, -0.25) is 9.69 Å². The molecule has 4 rings (SSSR count). The minimum atomic E-state index is -0.504. The van der Waals surface area contributed by atoms with Crippen LogP contribution in [0.1, 0.15) is 55.8 Å². The summed E-state index contributed by atoms with van der Waals surface area (Å²) in [6, 6.07) is 29.6. The molecule has 2 unspecified atom stereocenters. The Morgan fingerprint density at radius 2 is 1.32 bits per heavy atom. The second-order valence-electron chi connectivity index (χ2n) is 9.19. The molecule has 2 atom stereocenters. The molecular weight excluding hydrogens is 420 g/mol. The monoisotopic (exact) mass is 456 g/mol. The van der Waals surface area contributed by atoms with Crippen LogP contribution >= 0.6 is 0 Å². The molecule has 1 aliphatic heterocycles. The fraction of sp³-hybridized carbons (Fsp3) is 0.367. The Morgan fingerprint density at radius 1 is 0.794 bits per heavy atom. The third kappa shape index (κ3) is 5.51. The maximum atomic E-state index is 13.3. The van der Waals surface area contributed by atoms with Crippen LogP contribution in [0.15, 0.2) is 84.9 Å². The molecule has 0 saturated carbocycles. The standard InChI is InChI=1S/C30H36N2O2/c1-4-23(2)27-17-11-12-18-28(27)34-24(3)30(33)32-21-19-31(20-22-32)29(25-13-7-5-8-14-25)26-15-9-6-10-16-26/h5-18,23-24,29H,4,19-22H2,1-3H3. The predicted octanol–water partition coefficient (Wildman–Crippen LogP) is 5.90. The summed E-state index contributed by atoms with van der Waals surface area (Å²) < 4.78 is 6.19. The van der Waals surface area contributed by atoms with Crippen LogP contribution < -0.4 is 4.74 Å². The Kier molecular flexibility index (Phi) is 8.02. The Labute approximate surface area is 204 Å². The zero-order chi connectivity index (χ0) is 23.9. The largest absolute Gasteiger partial charge is 0.481 e. The van der Waals surface area contributed by atoms with Gasteiger partial charge < -0.3 is 9.64 Å². The van der Waals surface area contributed by atoms with Crippen LogP contribution in [0.2, 0.25) is 0 Å². The molecule has 0 N–H and O–H groups in total. The topological polar surface area (TPSA) is 32.8 Å². The Bertz CT molecular complexity index is 1010. The number of rotatable bonds is 8. The van der Waals surface area contributed by atoms with Gasteiger partial charge in [-0.2, -0.15) is 0 Å². The quantitative estimate of drug-likeness (QED) is 0.423. The normalized spacial score (nSPS) is 16.3. The van der Waals surface area contributed by atoms with Gasteiger partial charge in [0.2, 0.25) is 0 Å². The number of para-hydroxylation sites is 1. The van der Waals surface area contributed by atoms with E-state index in [9.17, 15) is 4.79 Å². The number of hydrogen-bond acceptors (Lipinski definition) is 3. The Balaban J connectivity index is 1.42. The molecule has 0 radical (unpaired) electrons. The van der Waals surface area contributed by atoms with Crippen molar-refractivity contribution < 1.29 is 9.53 Å². The molecule has 1 saturated heterocycles. The van der Waals surface area contributed by atoms with Gasteiger partial charge in [0.05, 0.1) is 6.04 Å². The smallest absolute Gasteiger partial charge is 0.263 e. The first-order chi connectivity index (χ1) is 16.6. The average molecular weight is 457 g/mol. The van der Waals surface area contributed by atoms with Crippen LogP contribution in [0.3, 0.4) is 0 Å². The zero-order valence-electron chi connectivity index (χ0n) is 20.6. The summed E-state index contributed by atoms with van der Waals surface area (Å²) in [4.78, 5) is 17.7. The third-order valence-electron chi connectivity index (χ3n) is 6.94. The summed E-state index contributed by atoms with van der Waals surface area (Å²) in [6.45, 7) is 9.31. The molecule has 3 aromatic rings. The first-order valence-corrected chi connectivity index (χ1v) is 12.5. The van der Waals surface area contributed by atoms with Crippen molar-refractivity contribution in [1.29, 1.82) is 0 Å². The fourth-order valence-electron chi connectivity index (χ4n) is 4.80. The van der Waals surface area contributed by atoms with Crippen LogP contribution in [0.25, 0.3) is 0 Å². The van der Waals surface area contributed by atoms with Gasteiger partial charge >= 0.3 is 0 Å². The number of ether oxygens (including phenoxy) is 1. The summed E-state index contributed by atoms with van der Waals surface area (Å²) in [7, 11) is 0.